The zero-order valence-electron chi connectivity index (χ0n) is 26.5. The Morgan fingerprint density at radius 1 is 0.633 bits per heavy atom. The molecule has 4 aromatic rings. The maximum absolute atomic E-state index is 15.0. The van der Waals surface area contributed by atoms with E-state index in [1.165, 1.54) is 50.2 Å². The minimum Gasteiger partial charge on any atom is -0.464 e. The molecule has 0 spiro atoms. The molecule has 4 rings (SSSR count). The second-order valence-corrected chi connectivity index (χ2v) is 11.4. The third-order valence-electron chi connectivity index (χ3n) is 7.86. The van der Waals surface area contributed by atoms with E-state index in [4.69, 9.17) is 9.47 Å². The number of hydrogen-bond donors (Lipinski definition) is 0. The van der Waals surface area contributed by atoms with E-state index >= 15 is 0 Å². The molecule has 0 aliphatic heterocycles. The third-order valence-corrected chi connectivity index (χ3v) is 7.86. The molecule has 0 saturated heterocycles. The maximum atomic E-state index is 15.0. The first-order valence-electron chi connectivity index (χ1n) is 15.0. The summed E-state index contributed by atoms with van der Waals surface area (Å²) in [5.41, 5.74) is 0.439. The van der Waals surface area contributed by atoms with Crippen molar-refractivity contribution in [3.8, 4) is 22.3 Å². The molecule has 0 aliphatic rings. The summed E-state index contributed by atoms with van der Waals surface area (Å²) in [4.78, 5) is 57.3. The van der Waals surface area contributed by atoms with Crippen molar-refractivity contribution in [3.05, 3.63) is 140 Å². The Kier molecular flexibility index (Phi) is 11.9. The fraction of sp³-hybridized carbons (Fsp3) is 0.257. The van der Waals surface area contributed by atoms with Crippen molar-refractivity contribution >= 4 is 11.9 Å². The monoisotopic (exact) mass is 678 g/mol. The molecule has 0 N–H and O–H groups in total. The van der Waals surface area contributed by atoms with Gasteiger partial charge in [0.05, 0.1) is 17.3 Å². The largest absolute Gasteiger partial charge is 0.464 e. The SMILES string of the molecule is CC(C(=O)OCC(COC(=O)C(C)c1ccc(-c2ccccc2)c(F)c1)(CO[N+](=O)[O-])CO[N+](=O)[O-])c1ccc(-c2ccccc2)c(F)c1. The fourth-order valence-electron chi connectivity index (χ4n) is 4.90. The van der Waals surface area contributed by atoms with E-state index in [1.54, 1.807) is 60.7 Å². The molecule has 49 heavy (non-hydrogen) atoms. The Morgan fingerprint density at radius 2 is 1.00 bits per heavy atom. The van der Waals surface area contributed by atoms with E-state index in [-0.39, 0.29) is 11.1 Å². The lowest BCUT2D eigenvalue weighted by atomic mass is 9.91. The minimum absolute atomic E-state index is 0.252. The highest BCUT2D eigenvalue weighted by Gasteiger charge is 2.38. The van der Waals surface area contributed by atoms with Crippen LogP contribution in [-0.2, 0) is 28.7 Å². The number of benzene rings is 4. The molecular weight excluding hydrogens is 646 g/mol. The van der Waals surface area contributed by atoms with E-state index in [9.17, 15) is 38.6 Å². The van der Waals surface area contributed by atoms with Crippen molar-refractivity contribution in [2.24, 2.45) is 5.41 Å². The second-order valence-electron chi connectivity index (χ2n) is 11.4. The number of ether oxygens (including phenoxy) is 2. The minimum atomic E-state index is -1.93. The van der Waals surface area contributed by atoms with E-state index in [2.05, 4.69) is 9.68 Å². The van der Waals surface area contributed by atoms with Crippen molar-refractivity contribution < 1.29 is 47.7 Å². The number of esters is 2. The predicted molar refractivity (Wildman–Crippen MR) is 171 cm³/mol. The van der Waals surface area contributed by atoms with Gasteiger partial charge in [0.25, 0.3) is 10.2 Å². The summed E-state index contributed by atoms with van der Waals surface area (Å²) in [6, 6.07) is 25.9. The van der Waals surface area contributed by atoms with Gasteiger partial charge in [-0.3, -0.25) is 9.59 Å². The molecule has 0 heterocycles. The standard InChI is InChI=1S/C35H32F2N2O10/c1-23(27-13-15-29(31(36)17-27)25-9-5-3-6-10-25)33(40)46-19-35(21-48-38(42)43,22-49-39(44)45)20-47-34(41)24(2)28-14-16-30(32(37)18-28)26-11-7-4-8-12-26/h3-18,23-24H,19-22H2,1-2H3. The van der Waals surface area contributed by atoms with Crippen LogP contribution in [0.4, 0.5) is 8.78 Å². The van der Waals surface area contributed by atoms with Crippen molar-refractivity contribution in [1.29, 1.82) is 0 Å². The zero-order chi connectivity index (χ0) is 35.6. The summed E-state index contributed by atoms with van der Waals surface area (Å²) in [5, 5.41) is 19.8. The van der Waals surface area contributed by atoms with Crippen molar-refractivity contribution in [2.45, 2.75) is 25.7 Å². The normalized spacial score (nSPS) is 12.3. The van der Waals surface area contributed by atoms with Gasteiger partial charge in [0.1, 0.15) is 38.1 Å². The van der Waals surface area contributed by atoms with Gasteiger partial charge < -0.3 is 19.1 Å². The molecule has 0 amide bonds. The van der Waals surface area contributed by atoms with Crippen LogP contribution in [0, 0.1) is 37.3 Å². The highest BCUT2D eigenvalue weighted by molar-refractivity contribution is 5.79. The number of rotatable bonds is 16. The van der Waals surface area contributed by atoms with E-state index < -0.39 is 77.4 Å². The Bertz CT molecular complexity index is 1660. The summed E-state index contributed by atoms with van der Waals surface area (Å²) in [6.45, 7) is -0.567. The predicted octanol–water partition coefficient (Wildman–Crippen LogP) is 6.70. The Hall–Kier alpha value is -5.92. The smallest absolute Gasteiger partial charge is 0.313 e. The highest BCUT2D eigenvalue weighted by atomic mass is 19.1. The molecule has 14 heteroatoms. The zero-order valence-corrected chi connectivity index (χ0v) is 26.5. The van der Waals surface area contributed by atoms with Gasteiger partial charge in [-0.05, 0) is 48.2 Å². The third kappa shape index (κ3) is 9.56. The number of hydrogen-bond acceptors (Lipinski definition) is 10. The van der Waals surface area contributed by atoms with Gasteiger partial charge in [0.15, 0.2) is 0 Å². The van der Waals surface area contributed by atoms with Crippen LogP contribution in [0.3, 0.4) is 0 Å². The van der Waals surface area contributed by atoms with Crippen LogP contribution in [0.25, 0.3) is 22.3 Å². The van der Waals surface area contributed by atoms with Crippen molar-refractivity contribution in [1.82, 2.24) is 0 Å². The van der Waals surface area contributed by atoms with Gasteiger partial charge in [-0.25, -0.2) is 8.78 Å². The number of carbonyl (C=O) groups excluding carboxylic acids is 2. The average molecular weight is 679 g/mol. The van der Waals surface area contributed by atoms with Crippen LogP contribution in [0.2, 0.25) is 0 Å². The summed E-state index contributed by atoms with van der Waals surface area (Å²) < 4.78 is 40.7. The molecule has 0 saturated carbocycles. The molecule has 2 unspecified atom stereocenters. The molecule has 4 aromatic carbocycles. The second kappa shape index (κ2) is 16.3. The first kappa shape index (κ1) is 35.9. The van der Waals surface area contributed by atoms with E-state index in [0.29, 0.717) is 22.3 Å². The van der Waals surface area contributed by atoms with Gasteiger partial charge in [-0.2, -0.15) is 0 Å². The van der Waals surface area contributed by atoms with Crippen LogP contribution < -0.4 is 0 Å². The highest BCUT2D eigenvalue weighted by Crippen LogP contribution is 2.30. The molecule has 256 valence electrons. The van der Waals surface area contributed by atoms with Gasteiger partial charge in [0, 0.05) is 11.1 Å². The summed E-state index contributed by atoms with van der Waals surface area (Å²) in [7, 11) is 0. The Balaban J connectivity index is 1.49. The van der Waals surface area contributed by atoms with Crippen LogP contribution in [0.5, 0.6) is 0 Å². The number of carbonyl (C=O) groups is 2. The van der Waals surface area contributed by atoms with Crippen LogP contribution in [0.15, 0.2) is 97.1 Å². The average Bonchev–Trinajstić information content (AvgIpc) is 3.10. The summed E-state index contributed by atoms with van der Waals surface area (Å²) in [5.74, 6) is -5.08. The van der Waals surface area contributed by atoms with Crippen LogP contribution in [-0.4, -0.2) is 48.5 Å². The molecule has 0 aliphatic carbocycles. The van der Waals surface area contributed by atoms with E-state index in [1.807, 2.05) is 0 Å². The van der Waals surface area contributed by atoms with Crippen molar-refractivity contribution in [2.75, 3.05) is 26.4 Å². The first-order chi connectivity index (χ1) is 23.4. The lowest BCUT2D eigenvalue weighted by Crippen LogP contribution is -2.44. The topological polar surface area (TPSA) is 157 Å². The van der Waals surface area contributed by atoms with Gasteiger partial charge in [-0.1, -0.05) is 84.9 Å². The molecule has 0 radical (unpaired) electrons. The fourth-order valence-corrected chi connectivity index (χ4v) is 4.90. The van der Waals surface area contributed by atoms with Crippen molar-refractivity contribution in [3.63, 3.8) is 0 Å². The quantitative estimate of drug-likeness (QED) is 0.0710. The Morgan fingerprint density at radius 3 is 1.33 bits per heavy atom. The lowest BCUT2D eigenvalue weighted by Gasteiger charge is -2.31. The first-order valence-corrected chi connectivity index (χ1v) is 15.0. The maximum Gasteiger partial charge on any atom is 0.313 e. The lowest BCUT2D eigenvalue weighted by molar-refractivity contribution is -0.772. The molecular formula is C35H32F2N2O10. The molecule has 2 atom stereocenters. The molecule has 12 nitrogen and oxygen atoms in total. The van der Waals surface area contributed by atoms with Gasteiger partial charge in [0.2, 0.25) is 0 Å². The molecule has 0 bridgehead atoms. The van der Waals surface area contributed by atoms with Gasteiger partial charge >= 0.3 is 11.9 Å². The number of halogens is 2. The van der Waals surface area contributed by atoms with Gasteiger partial charge in [-0.15, -0.1) is 20.2 Å². The molecule has 0 aromatic heterocycles. The summed E-state index contributed by atoms with van der Waals surface area (Å²) in [6.07, 6.45) is 0. The number of nitrogens with zero attached hydrogens (tertiary/aromatic N) is 2. The van der Waals surface area contributed by atoms with Crippen LogP contribution in [0.1, 0.15) is 36.8 Å². The van der Waals surface area contributed by atoms with Crippen LogP contribution >= 0.6 is 0 Å². The van der Waals surface area contributed by atoms with E-state index in [0.717, 1.165) is 0 Å². The Labute approximate surface area is 279 Å². The summed E-state index contributed by atoms with van der Waals surface area (Å²) >= 11 is 0. The molecule has 0 fully saturated rings.